The Morgan fingerprint density at radius 2 is 0.673 bits per heavy atom. The first-order valence-corrected chi connectivity index (χ1v) is 20.1. The Hall–Kier alpha value is -0.450. The molecule has 0 saturated carbocycles. The summed E-state index contributed by atoms with van der Waals surface area (Å²) < 4.78 is 81.1. The van der Waals surface area contributed by atoms with Gasteiger partial charge >= 0.3 is 10.4 Å². The number of unbranched alkanes of at least 4 members (excludes halogenated alkanes) is 9. The van der Waals surface area contributed by atoms with E-state index in [9.17, 15) is 8.42 Å². The highest BCUT2D eigenvalue weighted by molar-refractivity contribution is 7.80. The quantitative estimate of drug-likeness (QED) is 0.0527. The Balaban J connectivity index is 3.79. The van der Waals surface area contributed by atoms with Gasteiger partial charge in [-0.2, -0.15) is 8.42 Å². The topological polar surface area (TPSA) is 137 Å². The molecule has 49 heavy (non-hydrogen) atoms. The third-order valence-corrected chi connectivity index (χ3v) is 8.16. The summed E-state index contributed by atoms with van der Waals surface area (Å²) in [6.07, 6.45) is 11.7. The molecule has 0 aromatic heterocycles. The Morgan fingerprint density at radius 3 is 0.980 bits per heavy atom. The maximum Gasteiger partial charge on any atom is 0.397 e. The number of hydrogen-bond donors (Lipinski definition) is 1. The average Bonchev–Trinajstić information content (AvgIpc) is 3.04. The second-order valence-corrected chi connectivity index (χ2v) is 14.6. The molecule has 13 heteroatoms. The van der Waals surface area contributed by atoms with Gasteiger partial charge in [-0.25, -0.2) is 4.18 Å². The highest BCUT2D eigenvalue weighted by Crippen LogP contribution is 2.11. The zero-order chi connectivity index (χ0) is 36.9. The van der Waals surface area contributed by atoms with Gasteiger partial charge in [-0.15, -0.1) is 0 Å². The Labute approximate surface area is 299 Å². The second-order valence-electron chi connectivity index (χ2n) is 13.6. The van der Waals surface area contributed by atoms with E-state index in [1.165, 1.54) is 64.7 Å². The minimum Gasteiger partial charge on any atom is -0.379 e. The Kier molecular flexibility index (Phi) is 30.8. The highest BCUT2D eigenvalue weighted by Gasteiger charge is 2.16. The third kappa shape index (κ3) is 34.4. The first-order valence-electron chi connectivity index (χ1n) is 18.8. The van der Waals surface area contributed by atoms with Crippen molar-refractivity contribution in [2.24, 2.45) is 0 Å². The van der Waals surface area contributed by atoms with Gasteiger partial charge < -0.3 is 37.9 Å². The van der Waals surface area contributed by atoms with Crippen LogP contribution >= 0.6 is 0 Å². The second kappa shape index (κ2) is 31.1. The molecule has 0 aliphatic carbocycles. The predicted octanol–water partition coefficient (Wildman–Crippen LogP) is 6.97. The van der Waals surface area contributed by atoms with Gasteiger partial charge in [0.2, 0.25) is 0 Å². The van der Waals surface area contributed by atoms with Crippen LogP contribution in [-0.4, -0.2) is 121 Å². The lowest BCUT2D eigenvalue weighted by Gasteiger charge is -2.23. The molecular formula is C36H74O12S. The molecule has 0 bridgehead atoms. The zero-order valence-corrected chi connectivity index (χ0v) is 33.2. The van der Waals surface area contributed by atoms with Gasteiger partial charge in [-0.3, -0.25) is 4.55 Å². The van der Waals surface area contributed by atoms with E-state index in [0.717, 1.165) is 13.0 Å². The summed E-state index contributed by atoms with van der Waals surface area (Å²) in [6.45, 7) is 21.3. The van der Waals surface area contributed by atoms with Crippen LogP contribution in [-0.2, 0) is 52.5 Å². The van der Waals surface area contributed by atoms with Crippen LogP contribution in [0.3, 0.4) is 0 Å². The smallest absolute Gasteiger partial charge is 0.379 e. The summed E-state index contributed by atoms with van der Waals surface area (Å²) in [7, 11) is -4.50. The first-order chi connectivity index (χ1) is 23.2. The summed E-state index contributed by atoms with van der Waals surface area (Å²) in [6, 6.07) is 0. The molecule has 0 heterocycles. The highest BCUT2D eigenvalue weighted by atomic mass is 32.3. The van der Waals surface area contributed by atoms with Crippen molar-refractivity contribution in [1.29, 1.82) is 0 Å². The van der Waals surface area contributed by atoms with Gasteiger partial charge in [0.15, 0.2) is 0 Å². The van der Waals surface area contributed by atoms with Crippen molar-refractivity contribution in [3.63, 3.8) is 0 Å². The number of hydrogen-bond acceptors (Lipinski definition) is 11. The molecule has 0 aromatic carbocycles. The molecule has 1 N–H and O–H groups in total. The van der Waals surface area contributed by atoms with Crippen LogP contribution in [0, 0.1) is 0 Å². The van der Waals surface area contributed by atoms with Crippen molar-refractivity contribution in [1.82, 2.24) is 0 Å². The van der Waals surface area contributed by atoms with Crippen LogP contribution in [0.1, 0.15) is 127 Å². The molecule has 0 aliphatic rings. The van der Waals surface area contributed by atoms with Crippen molar-refractivity contribution >= 4 is 10.4 Å². The average molecular weight is 731 g/mol. The van der Waals surface area contributed by atoms with Crippen LogP contribution < -0.4 is 0 Å². The molecule has 8 atom stereocenters. The fourth-order valence-corrected chi connectivity index (χ4v) is 5.08. The van der Waals surface area contributed by atoms with E-state index in [4.69, 9.17) is 42.4 Å². The Bertz CT molecular complexity index is 833. The molecule has 0 fully saturated rings. The molecule has 12 nitrogen and oxygen atoms in total. The van der Waals surface area contributed by atoms with Gasteiger partial charge in [0.1, 0.15) is 0 Å². The van der Waals surface area contributed by atoms with E-state index < -0.39 is 16.5 Å². The SMILES string of the molecule is CCCCCCCCCCCCOCC(C)OCC(C)OCC(C)OCC(C)OCC(C)OCC(C)OCC(C)OCC(C)OS(=O)(=O)O. The van der Waals surface area contributed by atoms with E-state index in [1.807, 2.05) is 41.5 Å². The van der Waals surface area contributed by atoms with Gasteiger partial charge in [0.05, 0.1) is 102 Å². The lowest BCUT2D eigenvalue weighted by molar-refractivity contribution is -0.108. The summed E-state index contributed by atoms with van der Waals surface area (Å²) >= 11 is 0. The lowest BCUT2D eigenvalue weighted by atomic mass is 10.1. The summed E-state index contributed by atoms with van der Waals surface area (Å²) in [5.74, 6) is 0. The van der Waals surface area contributed by atoms with Gasteiger partial charge in [-0.05, 0) is 61.8 Å². The maximum absolute atomic E-state index is 10.7. The fourth-order valence-electron chi connectivity index (χ4n) is 4.61. The molecule has 296 valence electrons. The summed E-state index contributed by atoms with van der Waals surface area (Å²) in [5.41, 5.74) is 0. The standard InChI is InChI=1S/C36H74O12S/c1-10-11-12-13-14-15-16-17-18-19-20-40-21-29(2)41-22-30(3)42-23-31(4)43-24-32(5)44-25-33(6)45-26-34(7)46-27-35(8)47-28-36(9)48-49(37,38)39/h29-36H,10-28H2,1-9H3,(H,37,38,39). The molecule has 0 aromatic rings. The molecule has 0 radical (unpaired) electrons. The normalized spacial score (nSPS) is 17.3. The van der Waals surface area contributed by atoms with E-state index in [1.54, 1.807) is 6.92 Å². The monoisotopic (exact) mass is 730 g/mol. The minimum absolute atomic E-state index is 0.000467. The van der Waals surface area contributed by atoms with Gasteiger partial charge in [0, 0.05) is 6.61 Å². The van der Waals surface area contributed by atoms with Crippen LogP contribution in [0.15, 0.2) is 0 Å². The number of ether oxygens (including phenoxy) is 8. The van der Waals surface area contributed by atoms with Crippen molar-refractivity contribution in [3.8, 4) is 0 Å². The molecule has 0 rings (SSSR count). The van der Waals surface area contributed by atoms with Crippen LogP contribution in [0.4, 0.5) is 0 Å². The van der Waals surface area contributed by atoms with Crippen molar-refractivity contribution in [2.45, 2.75) is 175 Å². The fraction of sp³-hybridized carbons (Fsp3) is 1.00. The maximum atomic E-state index is 10.7. The van der Waals surface area contributed by atoms with E-state index in [0.29, 0.717) is 46.2 Å². The summed E-state index contributed by atoms with van der Waals surface area (Å²) in [4.78, 5) is 0. The third-order valence-electron chi connectivity index (χ3n) is 7.59. The zero-order valence-electron chi connectivity index (χ0n) is 32.4. The largest absolute Gasteiger partial charge is 0.397 e. The van der Waals surface area contributed by atoms with E-state index in [2.05, 4.69) is 11.1 Å². The predicted molar refractivity (Wildman–Crippen MR) is 193 cm³/mol. The molecule has 0 aliphatic heterocycles. The van der Waals surface area contributed by atoms with E-state index in [-0.39, 0.29) is 49.3 Å². The molecule has 0 spiro atoms. The Morgan fingerprint density at radius 1 is 0.408 bits per heavy atom. The first kappa shape index (κ1) is 48.5. The van der Waals surface area contributed by atoms with Gasteiger partial charge in [0.25, 0.3) is 0 Å². The van der Waals surface area contributed by atoms with E-state index >= 15 is 0 Å². The lowest BCUT2D eigenvalue weighted by Crippen LogP contribution is -2.30. The van der Waals surface area contributed by atoms with Crippen molar-refractivity contribution < 1.29 is 55.0 Å². The van der Waals surface area contributed by atoms with Crippen molar-refractivity contribution in [2.75, 3.05) is 59.5 Å². The minimum atomic E-state index is -4.50. The number of rotatable bonds is 36. The molecule has 0 amide bonds. The van der Waals surface area contributed by atoms with Crippen LogP contribution in [0.5, 0.6) is 0 Å². The molecular weight excluding hydrogens is 656 g/mol. The molecule has 8 unspecified atom stereocenters. The van der Waals surface area contributed by atoms with Crippen LogP contribution in [0.25, 0.3) is 0 Å². The van der Waals surface area contributed by atoms with Crippen molar-refractivity contribution in [3.05, 3.63) is 0 Å². The summed E-state index contributed by atoms with van der Waals surface area (Å²) in [5, 5.41) is 0. The van der Waals surface area contributed by atoms with Gasteiger partial charge in [-0.1, -0.05) is 64.7 Å². The van der Waals surface area contributed by atoms with Crippen LogP contribution in [0.2, 0.25) is 0 Å². The molecule has 0 saturated heterocycles.